The van der Waals surface area contributed by atoms with E-state index < -0.39 is 17.6 Å². The number of Topliss-reactive ketones (excluding diaryl/α,β-unsaturated/α-hetero) is 1. The van der Waals surface area contributed by atoms with E-state index in [2.05, 4.69) is 20.9 Å². The lowest BCUT2D eigenvalue weighted by molar-refractivity contribution is -0.131. The van der Waals surface area contributed by atoms with Crippen LogP contribution in [0.1, 0.15) is 23.2 Å². The molecule has 0 spiro atoms. The number of rotatable bonds is 3. The van der Waals surface area contributed by atoms with E-state index >= 15 is 0 Å². The maximum atomic E-state index is 12.2. The zero-order chi connectivity index (χ0) is 13.8. The molecule has 1 aromatic heterocycles. The van der Waals surface area contributed by atoms with Gasteiger partial charge in [-0.15, -0.1) is 0 Å². The second-order valence-corrected chi connectivity index (χ2v) is 5.27. The molecule has 1 aromatic rings. The highest BCUT2D eigenvalue weighted by molar-refractivity contribution is 9.10. The minimum absolute atomic E-state index is 0.272. The molecule has 1 saturated heterocycles. The van der Waals surface area contributed by atoms with Gasteiger partial charge in [-0.05, 0) is 34.8 Å². The minimum Gasteiger partial charge on any atom is -0.341 e. The third kappa shape index (κ3) is 2.99. The molecule has 5 nitrogen and oxygen atoms in total. The van der Waals surface area contributed by atoms with Crippen LogP contribution in [0.4, 0.5) is 0 Å². The molecule has 0 aliphatic carbocycles. The number of pyridine rings is 1. The van der Waals surface area contributed by atoms with Crippen LogP contribution < -0.4 is 0 Å². The summed E-state index contributed by atoms with van der Waals surface area (Å²) in [6.07, 6.45) is 4.77. The third-order valence-corrected chi connectivity index (χ3v) is 3.48. The quantitative estimate of drug-likeness (QED) is 0.628. The number of nitriles is 1. The summed E-state index contributed by atoms with van der Waals surface area (Å²) in [4.78, 5) is 29.8. The zero-order valence-electron chi connectivity index (χ0n) is 10.2. The number of likely N-dealkylation sites (tertiary alicyclic amines) is 1. The van der Waals surface area contributed by atoms with Crippen LogP contribution >= 0.6 is 15.9 Å². The van der Waals surface area contributed by atoms with E-state index in [1.807, 2.05) is 6.07 Å². The largest absolute Gasteiger partial charge is 0.341 e. The lowest BCUT2D eigenvalue weighted by Crippen LogP contribution is -2.37. The van der Waals surface area contributed by atoms with Crippen molar-refractivity contribution in [2.75, 3.05) is 13.1 Å². The Hall–Kier alpha value is -1.74. The Bertz CT molecular complexity index is 547. The van der Waals surface area contributed by atoms with Crippen LogP contribution in [0.3, 0.4) is 0 Å². The predicted molar refractivity (Wildman–Crippen MR) is 71.2 cm³/mol. The molecule has 98 valence electrons. The lowest BCUT2D eigenvalue weighted by atomic mass is 9.99. The van der Waals surface area contributed by atoms with Gasteiger partial charge in [0.1, 0.15) is 0 Å². The van der Waals surface area contributed by atoms with Crippen molar-refractivity contribution in [1.82, 2.24) is 9.88 Å². The van der Waals surface area contributed by atoms with E-state index in [4.69, 9.17) is 5.26 Å². The molecular weight excluding hydrogens is 310 g/mol. The molecule has 0 saturated carbocycles. The van der Waals surface area contributed by atoms with Crippen molar-refractivity contribution in [2.24, 2.45) is 5.92 Å². The van der Waals surface area contributed by atoms with Crippen LogP contribution in [-0.2, 0) is 4.79 Å². The number of nitrogens with zero attached hydrogens (tertiary/aromatic N) is 3. The highest BCUT2D eigenvalue weighted by atomic mass is 79.9. The average molecular weight is 322 g/mol. The number of carbonyl (C=O) groups is 2. The van der Waals surface area contributed by atoms with Crippen molar-refractivity contribution in [3.8, 4) is 6.07 Å². The smallest absolute Gasteiger partial charge is 0.247 e. The van der Waals surface area contributed by atoms with Gasteiger partial charge in [0.05, 0.1) is 6.07 Å². The molecule has 1 aliphatic rings. The first-order valence-corrected chi connectivity index (χ1v) is 6.76. The molecule has 1 amide bonds. The molecule has 0 aromatic carbocycles. The molecular formula is C13H12BrN3O2. The summed E-state index contributed by atoms with van der Waals surface area (Å²) in [7, 11) is 0. The maximum Gasteiger partial charge on any atom is 0.247 e. The Balaban J connectivity index is 2.20. The summed E-state index contributed by atoms with van der Waals surface area (Å²) >= 11 is 3.21. The number of hydrogen-bond donors (Lipinski definition) is 0. The molecule has 19 heavy (non-hydrogen) atoms. The summed E-state index contributed by atoms with van der Waals surface area (Å²) in [5, 5.41) is 9.11. The van der Waals surface area contributed by atoms with Gasteiger partial charge < -0.3 is 4.90 Å². The van der Waals surface area contributed by atoms with Gasteiger partial charge in [-0.2, -0.15) is 5.26 Å². The normalized spacial score (nSPS) is 15.9. The monoisotopic (exact) mass is 321 g/mol. The van der Waals surface area contributed by atoms with Gasteiger partial charge in [0.15, 0.2) is 11.7 Å². The Morgan fingerprint density at radius 2 is 2.05 bits per heavy atom. The highest BCUT2D eigenvalue weighted by Gasteiger charge is 2.32. The molecule has 0 bridgehead atoms. The molecule has 6 heteroatoms. The molecule has 1 atom stereocenters. The fourth-order valence-corrected chi connectivity index (χ4v) is 2.42. The standard InChI is InChI=1S/C13H12BrN3O2/c14-10-5-9(7-16-8-10)12(18)11(6-15)13(19)17-3-1-2-4-17/h5,7-8,11H,1-4H2/t11-/m0/s1. The van der Waals surface area contributed by atoms with E-state index in [1.165, 1.54) is 6.20 Å². The van der Waals surface area contributed by atoms with Crippen LogP contribution in [0.5, 0.6) is 0 Å². The maximum absolute atomic E-state index is 12.2. The van der Waals surface area contributed by atoms with Crippen LogP contribution in [0.15, 0.2) is 22.9 Å². The van der Waals surface area contributed by atoms with E-state index in [1.54, 1.807) is 17.2 Å². The van der Waals surface area contributed by atoms with Crippen LogP contribution in [0.25, 0.3) is 0 Å². The van der Waals surface area contributed by atoms with Crippen molar-refractivity contribution in [2.45, 2.75) is 12.8 Å². The fraction of sp³-hybridized carbons (Fsp3) is 0.385. The third-order valence-electron chi connectivity index (χ3n) is 3.05. The number of halogens is 1. The van der Waals surface area contributed by atoms with Crippen molar-refractivity contribution in [1.29, 1.82) is 5.26 Å². The second kappa shape index (κ2) is 5.93. The van der Waals surface area contributed by atoms with Crippen LogP contribution in [-0.4, -0.2) is 34.7 Å². The van der Waals surface area contributed by atoms with Gasteiger partial charge in [0.2, 0.25) is 5.91 Å². The number of hydrogen-bond acceptors (Lipinski definition) is 4. The first kappa shape index (κ1) is 13.7. The van der Waals surface area contributed by atoms with E-state index in [9.17, 15) is 9.59 Å². The molecule has 2 heterocycles. The molecule has 0 N–H and O–H groups in total. The van der Waals surface area contributed by atoms with Gasteiger partial charge >= 0.3 is 0 Å². The molecule has 1 aliphatic heterocycles. The summed E-state index contributed by atoms with van der Waals surface area (Å²) in [5.41, 5.74) is 0.272. The number of amides is 1. The van der Waals surface area contributed by atoms with Gasteiger partial charge in [0.25, 0.3) is 0 Å². The molecule has 0 radical (unpaired) electrons. The molecule has 1 fully saturated rings. The van der Waals surface area contributed by atoms with E-state index in [0.29, 0.717) is 17.6 Å². The highest BCUT2D eigenvalue weighted by Crippen LogP contribution is 2.17. The number of ketones is 1. The molecule has 2 rings (SSSR count). The summed E-state index contributed by atoms with van der Waals surface area (Å²) in [6.45, 7) is 1.25. The zero-order valence-corrected chi connectivity index (χ0v) is 11.8. The van der Waals surface area contributed by atoms with Crippen LogP contribution in [0.2, 0.25) is 0 Å². The van der Waals surface area contributed by atoms with Gasteiger partial charge in [0, 0.05) is 35.5 Å². The summed E-state index contributed by atoms with van der Waals surface area (Å²) in [5.74, 6) is -2.16. The minimum atomic E-state index is -1.27. The fourth-order valence-electron chi connectivity index (χ4n) is 2.06. The van der Waals surface area contributed by atoms with E-state index in [0.717, 1.165) is 12.8 Å². The van der Waals surface area contributed by atoms with Crippen molar-refractivity contribution in [3.05, 3.63) is 28.5 Å². The van der Waals surface area contributed by atoms with Crippen molar-refractivity contribution in [3.63, 3.8) is 0 Å². The average Bonchev–Trinajstić information content (AvgIpc) is 2.93. The van der Waals surface area contributed by atoms with Gasteiger partial charge in [-0.25, -0.2) is 0 Å². The predicted octanol–water partition coefficient (Wildman–Crippen LogP) is 1.79. The Morgan fingerprint density at radius 1 is 1.37 bits per heavy atom. The van der Waals surface area contributed by atoms with Crippen molar-refractivity contribution < 1.29 is 9.59 Å². The lowest BCUT2D eigenvalue weighted by Gasteiger charge is -2.17. The summed E-state index contributed by atoms with van der Waals surface area (Å²) in [6, 6.07) is 3.38. The van der Waals surface area contributed by atoms with Crippen molar-refractivity contribution >= 4 is 27.6 Å². The van der Waals surface area contributed by atoms with Gasteiger partial charge in [-0.3, -0.25) is 14.6 Å². The Kier molecular flexibility index (Phi) is 4.27. The number of carbonyl (C=O) groups excluding carboxylic acids is 2. The topological polar surface area (TPSA) is 74.1 Å². The Morgan fingerprint density at radius 3 is 2.63 bits per heavy atom. The molecule has 0 unspecified atom stereocenters. The second-order valence-electron chi connectivity index (χ2n) is 4.35. The van der Waals surface area contributed by atoms with Crippen LogP contribution in [0, 0.1) is 17.2 Å². The van der Waals surface area contributed by atoms with E-state index in [-0.39, 0.29) is 5.56 Å². The first-order chi connectivity index (χ1) is 9.13. The Labute approximate surface area is 119 Å². The number of aromatic nitrogens is 1. The van der Waals surface area contributed by atoms with Gasteiger partial charge in [-0.1, -0.05) is 0 Å². The first-order valence-electron chi connectivity index (χ1n) is 5.96. The SMILES string of the molecule is N#C[C@@H](C(=O)c1cncc(Br)c1)C(=O)N1CCCC1. The summed E-state index contributed by atoms with van der Waals surface area (Å²) < 4.78 is 0.642.